The Hall–Kier alpha value is -2.95. The first kappa shape index (κ1) is 20.8. The number of rotatable bonds is 4. The number of sulfone groups is 1. The van der Waals surface area contributed by atoms with Crippen LogP contribution in [0, 0.1) is 6.92 Å². The molecule has 2 aromatic rings. The van der Waals surface area contributed by atoms with Crippen molar-refractivity contribution in [2.24, 2.45) is 0 Å². The summed E-state index contributed by atoms with van der Waals surface area (Å²) < 4.78 is 60.9. The topological polar surface area (TPSA) is 96.4 Å². The first-order valence-electron chi connectivity index (χ1n) is 8.41. The summed E-state index contributed by atoms with van der Waals surface area (Å²) >= 11 is 0. The number of aryl methyl sites for hydroxylation is 1. The number of nitrogens with one attached hydrogen (secondary N) is 1. The number of carbonyl (C=O) groups excluding carboxylic acids is 2. The van der Waals surface area contributed by atoms with Crippen LogP contribution in [0.2, 0.25) is 0 Å². The Balaban J connectivity index is 1.88. The standard InChI is InChI=1S/C18H16F3N3O4S/c1-10-9-22-8-7-14(10)11(2)15-16(25)24(17(26)23-15)12-3-5-13(6-4-12)29(27,28)18(19,20)21/h3-9,11,15H,1-2H3,(H,23,26)/t11?,15-/m1/s1. The summed E-state index contributed by atoms with van der Waals surface area (Å²) in [7, 11) is -5.52. The molecule has 154 valence electrons. The second-order valence-corrected chi connectivity index (χ2v) is 8.51. The fourth-order valence-electron chi connectivity index (χ4n) is 3.16. The van der Waals surface area contributed by atoms with Crippen LogP contribution in [0.5, 0.6) is 0 Å². The normalized spacial score (nSPS) is 18.7. The molecule has 0 bridgehead atoms. The Bertz CT molecular complexity index is 1070. The van der Waals surface area contributed by atoms with Gasteiger partial charge in [0.25, 0.3) is 15.7 Å². The molecule has 1 unspecified atom stereocenters. The second kappa shape index (κ2) is 7.14. The van der Waals surface area contributed by atoms with Gasteiger partial charge in [-0.2, -0.15) is 13.2 Å². The second-order valence-electron chi connectivity index (χ2n) is 6.56. The average molecular weight is 427 g/mol. The molecule has 0 saturated carbocycles. The van der Waals surface area contributed by atoms with Crippen LogP contribution in [0.25, 0.3) is 0 Å². The number of anilines is 1. The molecular formula is C18H16F3N3O4S. The number of nitrogens with zero attached hydrogens (tertiary/aromatic N) is 2. The molecule has 0 spiro atoms. The molecule has 0 radical (unpaired) electrons. The lowest BCUT2D eigenvalue weighted by Gasteiger charge is -2.20. The van der Waals surface area contributed by atoms with Gasteiger partial charge in [0.2, 0.25) is 0 Å². The van der Waals surface area contributed by atoms with Crippen LogP contribution in [-0.2, 0) is 14.6 Å². The molecule has 7 nitrogen and oxygen atoms in total. The van der Waals surface area contributed by atoms with E-state index in [1.807, 2.05) is 6.92 Å². The zero-order chi connectivity index (χ0) is 21.6. The van der Waals surface area contributed by atoms with Crippen LogP contribution in [0.15, 0.2) is 47.6 Å². The largest absolute Gasteiger partial charge is 0.501 e. The van der Waals surface area contributed by atoms with Crippen molar-refractivity contribution in [3.05, 3.63) is 53.9 Å². The molecule has 11 heteroatoms. The van der Waals surface area contributed by atoms with E-state index in [-0.39, 0.29) is 11.6 Å². The monoisotopic (exact) mass is 427 g/mol. The minimum atomic E-state index is -5.52. The van der Waals surface area contributed by atoms with Gasteiger partial charge in [0.15, 0.2) is 0 Å². The molecule has 0 aliphatic carbocycles. The molecule has 3 amide bonds. The van der Waals surface area contributed by atoms with Gasteiger partial charge in [0.1, 0.15) is 6.04 Å². The Morgan fingerprint density at radius 1 is 1.14 bits per heavy atom. The van der Waals surface area contributed by atoms with Crippen molar-refractivity contribution in [1.82, 2.24) is 10.3 Å². The van der Waals surface area contributed by atoms with Crippen molar-refractivity contribution in [2.45, 2.75) is 36.2 Å². The molecule has 2 atom stereocenters. The van der Waals surface area contributed by atoms with Crippen molar-refractivity contribution in [3.63, 3.8) is 0 Å². The smallest absolute Gasteiger partial charge is 0.325 e. The molecular weight excluding hydrogens is 411 g/mol. The highest BCUT2D eigenvalue weighted by atomic mass is 32.2. The molecule has 1 aromatic heterocycles. The number of aromatic nitrogens is 1. The van der Waals surface area contributed by atoms with E-state index >= 15 is 0 Å². The van der Waals surface area contributed by atoms with Gasteiger partial charge < -0.3 is 5.32 Å². The van der Waals surface area contributed by atoms with Gasteiger partial charge in [0.05, 0.1) is 10.6 Å². The van der Waals surface area contributed by atoms with Gasteiger partial charge in [0, 0.05) is 18.3 Å². The van der Waals surface area contributed by atoms with Gasteiger partial charge in [-0.3, -0.25) is 9.78 Å². The van der Waals surface area contributed by atoms with E-state index in [2.05, 4.69) is 10.3 Å². The number of urea groups is 1. The molecule has 1 aliphatic heterocycles. The first-order chi connectivity index (χ1) is 13.4. The molecule has 2 heterocycles. The Morgan fingerprint density at radius 2 is 1.76 bits per heavy atom. The van der Waals surface area contributed by atoms with Crippen LogP contribution >= 0.6 is 0 Å². The maximum atomic E-state index is 12.8. The highest BCUT2D eigenvalue weighted by molar-refractivity contribution is 7.92. The van der Waals surface area contributed by atoms with Crippen LogP contribution < -0.4 is 10.2 Å². The van der Waals surface area contributed by atoms with E-state index in [0.717, 1.165) is 28.2 Å². The van der Waals surface area contributed by atoms with Gasteiger partial charge in [-0.15, -0.1) is 0 Å². The Labute approximate surface area is 164 Å². The van der Waals surface area contributed by atoms with Crippen LogP contribution in [0.4, 0.5) is 23.7 Å². The number of alkyl halides is 3. The fraction of sp³-hybridized carbons (Fsp3) is 0.278. The van der Waals surface area contributed by atoms with E-state index < -0.39 is 38.2 Å². The third-order valence-electron chi connectivity index (χ3n) is 4.73. The third kappa shape index (κ3) is 3.57. The third-order valence-corrected chi connectivity index (χ3v) is 6.23. The lowest BCUT2D eigenvalue weighted by atomic mass is 9.91. The summed E-state index contributed by atoms with van der Waals surface area (Å²) in [6, 6.07) is 3.50. The lowest BCUT2D eigenvalue weighted by molar-refractivity contribution is -0.118. The van der Waals surface area contributed by atoms with Gasteiger partial charge in [-0.1, -0.05) is 6.92 Å². The molecule has 1 saturated heterocycles. The van der Waals surface area contributed by atoms with E-state index in [9.17, 15) is 31.2 Å². The number of imide groups is 1. The minimum Gasteiger partial charge on any atom is -0.325 e. The summed E-state index contributed by atoms with van der Waals surface area (Å²) in [4.78, 5) is 28.9. The lowest BCUT2D eigenvalue weighted by Crippen LogP contribution is -2.35. The van der Waals surface area contributed by atoms with Gasteiger partial charge >= 0.3 is 11.5 Å². The zero-order valence-electron chi connectivity index (χ0n) is 15.3. The molecule has 1 aromatic carbocycles. The molecule has 3 rings (SSSR count). The molecule has 1 aliphatic rings. The zero-order valence-corrected chi connectivity index (χ0v) is 16.1. The number of carbonyl (C=O) groups is 2. The summed E-state index contributed by atoms with van der Waals surface area (Å²) in [6.07, 6.45) is 3.20. The first-order valence-corrected chi connectivity index (χ1v) is 9.90. The number of benzene rings is 1. The highest BCUT2D eigenvalue weighted by Crippen LogP contribution is 2.33. The number of halogens is 3. The maximum Gasteiger partial charge on any atom is 0.501 e. The van der Waals surface area contributed by atoms with Crippen LogP contribution in [-0.4, -0.2) is 36.9 Å². The van der Waals surface area contributed by atoms with Crippen LogP contribution in [0.1, 0.15) is 24.0 Å². The number of hydrogen-bond acceptors (Lipinski definition) is 5. The van der Waals surface area contributed by atoms with Crippen molar-refractivity contribution in [2.75, 3.05) is 4.90 Å². The summed E-state index contributed by atoms with van der Waals surface area (Å²) in [5.74, 6) is -0.977. The predicted octanol–water partition coefficient (Wildman–Crippen LogP) is 2.91. The minimum absolute atomic E-state index is 0.0326. The fourth-order valence-corrected chi connectivity index (χ4v) is 3.93. The summed E-state index contributed by atoms with van der Waals surface area (Å²) in [5.41, 5.74) is -3.83. The molecule has 29 heavy (non-hydrogen) atoms. The summed E-state index contributed by atoms with van der Waals surface area (Å²) in [5, 5.41) is 2.57. The number of pyridine rings is 1. The van der Waals surface area contributed by atoms with Crippen molar-refractivity contribution < 1.29 is 31.2 Å². The van der Waals surface area contributed by atoms with Crippen molar-refractivity contribution in [3.8, 4) is 0 Å². The van der Waals surface area contributed by atoms with Gasteiger partial charge in [-0.25, -0.2) is 18.1 Å². The Kier molecular flexibility index (Phi) is 5.11. The van der Waals surface area contributed by atoms with Crippen LogP contribution in [0.3, 0.4) is 0 Å². The summed E-state index contributed by atoms with van der Waals surface area (Å²) in [6.45, 7) is 3.57. The molecule has 1 fully saturated rings. The SMILES string of the molecule is Cc1cnccc1C(C)[C@H]1NC(=O)N(c2ccc(S(=O)(=O)C(F)(F)F)cc2)C1=O. The average Bonchev–Trinajstić information content (AvgIpc) is 2.95. The highest BCUT2D eigenvalue weighted by Gasteiger charge is 2.47. The predicted molar refractivity (Wildman–Crippen MR) is 96.9 cm³/mol. The maximum absolute atomic E-state index is 12.8. The number of hydrogen-bond donors (Lipinski definition) is 1. The van der Waals surface area contributed by atoms with E-state index in [1.54, 1.807) is 25.4 Å². The van der Waals surface area contributed by atoms with Gasteiger partial charge in [-0.05, 0) is 48.4 Å². The van der Waals surface area contributed by atoms with E-state index in [4.69, 9.17) is 0 Å². The number of amides is 3. The Morgan fingerprint density at radius 3 is 2.31 bits per heavy atom. The quantitative estimate of drug-likeness (QED) is 0.757. The van der Waals surface area contributed by atoms with E-state index in [0.29, 0.717) is 12.1 Å². The molecule has 1 N–H and O–H groups in total. The van der Waals surface area contributed by atoms with Crippen molar-refractivity contribution >= 4 is 27.5 Å². The van der Waals surface area contributed by atoms with Crippen molar-refractivity contribution in [1.29, 1.82) is 0 Å². The van der Waals surface area contributed by atoms with E-state index in [1.165, 1.54) is 0 Å².